The van der Waals surface area contributed by atoms with Crippen molar-refractivity contribution in [3.8, 4) is 11.5 Å². The maximum atomic E-state index is 14.2. The molecule has 176 valence electrons. The van der Waals surface area contributed by atoms with E-state index in [0.29, 0.717) is 23.5 Å². The van der Waals surface area contributed by atoms with Crippen LogP contribution in [0.5, 0.6) is 11.5 Å². The Labute approximate surface area is 204 Å². The molecule has 1 atom stereocenters. The molecule has 0 unspecified atom stereocenters. The molecule has 1 aromatic heterocycles. The highest BCUT2D eigenvalue weighted by molar-refractivity contribution is 9.10. The zero-order valence-electron chi connectivity index (χ0n) is 18.5. The van der Waals surface area contributed by atoms with Crippen molar-refractivity contribution in [2.75, 3.05) is 29.0 Å². The normalized spacial score (nSPS) is 17.3. The van der Waals surface area contributed by atoms with Crippen molar-refractivity contribution in [2.24, 2.45) is 5.10 Å². The minimum atomic E-state index is -0.393. The van der Waals surface area contributed by atoms with Gasteiger partial charge in [-0.25, -0.2) is 9.82 Å². The fraction of sp³-hybridized carbons (Fsp3) is 0.304. The highest BCUT2D eigenvalue weighted by Crippen LogP contribution is 2.36. The lowest BCUT2D eigenvalue weighted by molar-refractivity contribution is 0.174. The van der Waals surface area contributed by atoms with Crippen LogP contribution in [0.1, 0.15) is 31.7 Å². The van der Waals surface area contributed by atoms with Crippen molar-refractivity contribution in [1.82, 2.24) is 15.0 Å². The molecule has 0 radical (unpaired) electrons. The van der Waals surface area contributed by atoms with Crippen molar-refractivity contribution < 1.29 is 13.9 Å². The van der Waals surface area contributed by atoms with E-state index in [4.69, 9.17) is 9.47 Å². The van der Waals surface area contributed by atoms with Crippen molar-refractivity contribution >= 4 is 45.7 Å². The fourth-order valence-electron chi connectivity index (χ4n) is 3.87. The molecule has 0 amide bonds. The molecule has 3 aromatic rings. The third kappa shape index (κ3) is 4.89. The molecule has 5 rings (SSSR count). The molecule has 2 aliphatic rings. The highest BCUT2D eigenvalue weighted by Gasteiger charge is 2.22. The summed E-state index contributed by atoms with van der Waals surface area (Å²) in [4.78, 5) is 15.7. The first kappa shape index (κ1) is 22.3. The van der Waals surface area contributed by atoms with Crippen LogP contribution in [0.4, 0.5) is 27.9 Å². The van der Waals surface area contributed by atoms with Crippen LogP contribution in [0.15, 0.2) is 46.0 Å². The van der Waals surface area contributed by atoms with Crippen LogP contribution in [0.3, 0.4) is 0 Å². The first-order valence-corrected chi connectivity index (χ1v) is 11.8. The maximum Gasteiger partial charge on any atom is 0.250 e. The lowest BCUT2D eigenvalue weighted by atomic mass is 10.0. The number of piperidine rings is 1. The van der Waals surface area contributed by atoms with E-state index >= 15 is 0 Å². The Balaban J connectivity index is 1.42. The monoisotopic (exact) mass is 527 g/mol. The molecule has 11 heteroatoms. The first-order chi connectivity index (χ1) is 16.6. The zero-order chi connectivity index (χ0) is 23.5. The van der Waals surface area contributed by atoms with Crippen molar-refractivity contribution in [1.29, 1.82) is 0 Å². The summed E-state index contributed by atoms with van der Waals surface area (Å²) in [6.07, 6.45) is 4.91. The third-order valence-corrected chi connectivity index (χ3v) is 6.35. The summed E-state index contributed by atoms with van der Waals surface area (Å²) in [6.45, 7) is 3.19. The minimum Gasteiger partial charge on any atom is -0.454 e. The molecule has 2 N–H and O–H groups in total. The van der Waals surface area contributed by atoms with Gasteiger partial charge in [0.2, 0.25) is 24.6 Å². The Hall–Kier alpha value is -3.47. The van der Waals surface area contributed by atoms with Gasteiger partial charge >= 0.3 is 0 Å². The number of fused-ring (bicyclic) bond motifs is 1. The second kappa shape index (κ2) is 9.80. The Bertz CT molecular complexity index is 1230. The SMILES string of the molecule is C[C@H]1CCCCN1c1nc(N/N=C\c2cc3c(cc2Br)OCO3)nc(Nc2ccccc2F)n1. The van der Waals surface area contributed by atoms with Gasteiger partial charge in [-0.05, 0) is 66.4 Å². The van der Waals surface area contributed by atoms with Gasteiger partial charge in [-0.2, -0.15) is 20.1 Å². The number of ether oxygens (including phenoxy) is 2. The molecule has 2 aliphatic heterocycles. The summed E-state index contributed by atoms with van der Waals surface area (Å²) < 4.78 is 25.8. The largest absolute Gasteiger partial charge is 0.454 e. The predicted octanol–water partition coefficient (Wildman–Crippen LogP) is 5.07. The number of hydrogen-bond donors (Lipinski definition) is 2. The summed E-state index contributed by atoms with van der Waals surface area (Å²) in [7, 11) is 0. The van der Waals surface area contributed by atoms with Crippen LogP contribution in [0.25, 0.3) is 0 Å². The van der Waals surface area contributed by atoms with E-state index in [9.17, 15) is 4.39 Å². The number of benzene rings is 2. The quantitative estimate of drug-likeness (QED) is 0.338. The average molecular weight is 528 g/mol. The number of para-hydroxylation sites is 1. The van der Waals surface area contributed by atoms with Crippen LogP contribution < -0.4 is 25.1 Å². The molecule has 1 fully saturated rings. The number of hydrogen-bond acceptors (Lipinski definition) is 9. The van der Waals surface area contributed by atoms with E-state index in [1.165, 1.54) is 12.5 Å². The van der Waals surface area contributed by atoms with Crippen LogP contribution in [-0.2, 0) is 0 Å². The van der Waals surface area contributed by atoms with Crippen LogP contribution >= 0.6 is 15.9 Å². The molecular weight excluding hydrogens is 505 g/mol. The molecule has 9 nitrogen and oxygen atoms in total. The Morgan fingerprint density at radius 3 is 2.74 bits per heavy atom. The maximum absolute atomic E-state index is 14.2. The van der Waals surface area contributed by atoms with Gasteiger partial charge in [0.25, 0.3) is 0 Å². The standard InChI is InChI=1S/C23H23BrFN7O2/c1-14-6-4-5-9-32(14)23-29-21(27-18-8-3-2-7-17(18)25)28-22(30-23)31-26-12-15-10-19-20(11-16(15)24)34-13-33-19/h2-3,7-8,10-12,14H,4-6,9,13H2,1H3,(H2,27,28,29,30,31)/b26-12-/t14-/m0/s1. The summed E-state index contributed by atoms with van der Waals surface area (Å²) in [5, 5.41) is 7.25. The Morgan fingerprint density at radius 1 is 1.12 bits per heavy atom. The zero-order valence-corrected chi connectivity index (χ0v) is 20.0. The topological polar surface area (TPSA) is 96.8 Å². The minimum absolute atomic E-state index is 0.195. The molecule has 0 bridgehead atoms. The van der Waals surface area contributed by atoms with E-state index < -0.39 is 5.82 Å². The number of anilines is 4. The first-order valence-electron chi connectivity index (χ1n) is 11.0. The number of nitrogens with one attached hydrogen (secondary N) is 2. The van der Waals surface area contributed by atoms with E-state index in [1.807, 2.05) is 12.1 Å². The molecule has 0 spiro atoms. The number of nitrogens with zero attached hydrogens (tertiary/aromatic N) is 5. The number of aromatic nitrogens is 3. The second-order valence-electron chi connectivity index (χ2n) is 8.02. The molecule has 2 aromatic carbocycles. The second-order valence-corrected chi connectivity index (χ2v) is 8.88. The van der Waals surface area contributed by atoms with Crippen LogP contribution in [0, 0.1) is 5.82 Å². The molecule has 34 heavy (non-hydrogen) atoms. The average Bonchev–Trinajstić information content (AvgIpc) is 3.28. The summed E-state index contributed by atoms with van der Waals surface area (Å²) >= 11 is 3.51. The molecule has 1 saturated heterocycles. The number of hydrazone groups is 1. The number of halogens is 2. The highest BCUT2D eigenvalue weighted by atomic mass is 79.9. The van der Waals surface area contributed by atoms with Gasteiger partial charge in [-0.1, -0.05) is 12.1 Å². The predicted molar refractivity (Wildman–Crippen MR) is 132 cm³/mol. The van der Waals surface area contributed by atoms with Gasteiger partial charge in [-0.15, -0.1) is 0 Å². The lowest BCUT2D eigenvalue weighted by Gasteiger charge is -2.33. The van der Waals surface area contributed by atoms with Crippen molar-refractivity contribution in [2.45, 2.75) is 32.2 Å². The Kier molecular flexibility index (Phi) is 6.43. The van der Waals surface area contributed by atoms with Crippen molar-refractivity contribution in [3.63, 3.8) is 0 Å². The molecule has 3 heterocycles. The third-order valence-electron chi connectivity index (χ3n) is 5.66. The van der Waals surface area contributed by atoms with Gasteiger partial charge in [0.15, 0.2) is 11.5 Å². The van der Waals surface area contributed by atoms with Crippen molar-refractivity contribution in [3.05, 3.63) is 52.3 Å². The van der Waals surface area contributed by atoms with Gasteiger partial charge in [0.1, 0.15) is 5.82 Å². The Morgan fingerprint density at radius 2 is 1.91 bits per heavy atom. The smallest absolute Gasteiger partial charge is 0.250 e. The fourth-order valence-corrected chi connectivity index (χ4v) is 4.29. The molecular formula is C23H23BrFN7O2. The molecule has 0 saturated carbocycles. The number of rotatable bonds is 6. The van der Waals surface area contributed by atoms with E-state index in [0.717, 1.165) is 29.4 Å². The lowest BCUT2D eigenvalue weighted by Crippen LogP contribution is -2.38. The summed E-state index contributed by atoms with van der Waals surface area (Å²) in [5.41, 5.74) is 3.95. The van der Waals surface area contributed by atoms with E-state index in [1.54, 1.807) is 24.4 Å². The summed E-state index contributed by atoms with van der Waals surface area (Å²) in [6, 6.07) is 10.3. The van der Waals surface area contributed by atoms with E-state index in [-0.39, 0.29) is 24.4 Å². The molecule has 0 aliphatic carbocycles. The van der Waals surface area contributed by atoms with Gasteiger partial charge in [0.05, 0.1) is 11.9 Å². The van der Waals surface area contributed by atoms with Crippen LogP contribution in [-0.4, -0.2) is 40.5 Å². The van der Waals surface area contributed by atoms with E-state index in [2.05, 4.69) is 58.5 Å². The van der Waals surface area contributed by atoms with Gasteiger partial charge in [-0.3, -0.25) is 0 Å². The summed E-state index contributed by atoms with van der Waals surface area (Å²) in [5.74, 6) is 1.93. The van der Waals surface area contributed by atoms with Crippen LogP contribution in [0.2, 0.25) is 0 Å². The van der Waals surface area contributed by atoms with Gasteiger partial charge < -0.3 is 19.7 Å². The van der Waals surface area contributed by atoms with Gasteiger partial charge in [0, 0.05) is 22.6 Å².